The first kappa shape index (κ1) is 17.5. The van der Waals surface area contributed by atoms with Crippen LogP contribution in [0.5, 0.6) is 0 Å². The quantitative estimate of drug-likeness (QED) is 0.723. The summed E-state index contributed by atoms with van der Waals surface area (Å²) in [5.41, 5.74) is 6.61. The van der Waals surface area contributed by atoms with Gasteiger partial charge in [-0.3, -0.25) is 0 Å². The van der Waals surface area contributed by atoms with E-state index in [2.05, 4.69) is 11.6 Å². The highest BCUT2D eigenvalue weighted by molar-refractivity contribution is 7.99. The van der Waals surface area contributed by atoms with Crippen molar-refractivity contribution in [1.29, 1.82) is 0 Å². The van der Waals surface area contributed by atoms with Gasteiger partial charge in [0.05, 0.1) is 4.90 Å². The summed E-state index contributed by atoms with van der Waals surface area (Å²) in [6.07, 6.45) is 0.824. The predicted molar refractivity (Wildman–Crippen MR) is 86.4 cm³/mol. The van der Waals surface area contributed by atoms with Crippen molar-refractivity contribution in [2.45, 2.75) is 44.2 Å². The van der Waals surface area contributed by atoms with Crippen LogP contribution in [-0.4, -0.2) is 26.0 Å². The SMILES string of the molecule is CCSCCC(C)NS(=O)(=O)c1cccc(C(C)N)c1. The summed E-state index contributed by atoms with van der Waals surface area (Å²) in [7, 11) is -3.47. The first-order valence-corrected chi connectivity index (χ1v) is 9.46. The van der Waals surface area contributed by atoms with Crippen LogP contribution >= 0.6 is 11.8 Å². The van der Waals surface area contributed by atoms with Crippen LogP contribution in [0.3, 0.4) is 0 Å². The van der Waals surface area contributed by atoms with Crippen LogP contribution in [0.1, 0.15) is 38.8 Å². The van der Waals surface area contributed by atoms with E-state index < -0.39 is 10.0 Å². The van der Waals surface area contributed by atoms with E-state index in [1.807, 2.05) is 31.7 Å². The number of nitrogens with one attached hydrogen (secondary N) is 1. The predicted octanol–water partition coefficient (Wildman–Crippen LogP) is 2.52. The molecule has 0 aliphatic rings. The highest BCUT2D eigenvalue weighted by Gasteiger charge is 2.17. The minimum atomic E-state index is -3.47. The van der Waals surface area contributed by atoms with Crippen molar-refractivity contribution < 1.29 is 8.42 Å². The Bertz CT molecular complexity index is 516. The number of benzene rings is 1. The van der Waals surface area contributed by atoms with Gasteiger partial charge >= 0.3 is 0 Å². The third-order valence-corrected chi connectivity index (χ3v) is 5.47. The Morgan fingerprint density at radius 1 is 1.35 bits per heavy atom. The maximum absolute atomic E-state index is 12.3. The third kappa shape index (κ3) is 5.44. The Morgan fingerprint density at radius 2 is 2.05 bits per heavy atom. The number of sulfonamides is 1. The summed E-state index contributed by atoms with van der Waals surface area (Å²) in [6.45, 7) is 5.83. The van der Waals surface area contributed by atoms with E-state index >= 15 is 0 Å². The van der Waals surface area contributed by atoms with Gasteiger partial charge in [0, 0.05) is 12.1 Å². The smallest absolute Gasteiger partial charge is 0.240 e. The topological polar surface area (TPSA) is 72.2 Å². The van der Waals surface area contributed by atoms with Crippen LogP contribution in [0, 0.1) is 0 Å². The van der Waals surface area contributed by atoms with E-state index in [9.17, 15) is 8.42 Å². The number of hydrogen-bond donors (Lipinski definition) is 2. The summed E-state index contributed by atoms with van der Waals surface area (Å²) in [5, 5.41) is 0. The Morgan fingerprint density at radius 3 is 2.65 bits per heavy atom. The fraction of sp³-hybridized carbons (Fsp3) is 0.571. The lowest BCUT2D eigenvalue weighted by Gasteiger charge is -2.15. The zero-order valence-corrected chi connectivity index (χ0v) is 13.9. The standard InChI is InChI=1S/C14H24N2O2S2/c1-4-19-9-8-11(2)16-20(17,18)14-7-5-6-13(10-14)12(3)15/h5-7,10-12,16H,4,8-9,15H2,1-3H3. The zero-order chi connectivity index (χ0) is 15.2. The first-order chi connectivity index (χ1) is 9.36. The molecule has 4 nitrogen and oxygen atoms in total. The van der Waals surface area contributed by atoms with E-state index in [0.29, 0.717) is 0 Å². The molecule has 20 heavy (non-hydrogen) atoms. The van der Waals surface area contributed by atoms with Crippen molar-refractivity contribution in [2.75, 3.05) is 11.5 Å². The average molecular weight is 316 g/mol. The first-order valence-electron chi connectivity index (χ1n) is 6.82. The van der Waals surface area contributed by atoms with Crippen molar-refractivity contribution in [3.8, 4) is 0 Å². The lowest BCUT2D eigenvalue weighted by atomic mass is 10.1. The van der Waals surface area contributed by atoms with Gasteiger partial charge in [0.1, 0.15) is 0 Å². The summed E-state index contributed by atoms with van der Waals surface area (Å²) in [4.78, 5) is 0.280. The molecule has 0 saturated carbocycles. The molecule has 2 unspecified atom stereocenters. The molecule has 0 bridgehead atoms. The van der Waals surface area contributed by atoms with E-state index in [1.165, 1.54) is 0 Å². The molecule has 1 aromatic rings. The molecule has 0 aliphatic carbocycles. The third-order valence-electron chi connectivity index (χ3n) is 2.95. The number of thioether (sulfide) groups is 1. The van der Waals surface area contributed by atoms with Gasteiger partial charge < -0.3 is 5.73 Å². The summed E-state index contributed by atoms with van der Waals surface area (Å²) < 4.78 is 27.3. The zero-order valence-electron chi connectivity index (χ0n) is 12.3. The van der Waals surface area contributed by atoms with Crippen LogP contribution in [0.2, 0.25) is 0 Å². The van der Waals surface area contributed by atoms with Crippen LogP contribution in [0.4, 0.5) is 0 Å². The van der Waals surface area contributed by atoms with Gasteiger partial charge in [0.15, 0.2) is 0 Å². The molecule has 6 heteroatoms. The van der Waals surface area contributed by atoms with Crippen LogP contribution < -0.4 is 10.5 Å². The van der Waals surface area contributed by atoms with E-state index in [1.54, 1.807) is 18.2 Å². The Balaban J connectivity index is 2.75. The maximum atomic E-state index is 12.3. The molecule has 0 amide bonds. The van der Waals surface area contributed by atoms with Crippen molar-refractivity contribution in [2.24, 2.45) is 5.73 Å². The fourth-order valence-corrected chi connectivity index (χ4v) is 3.90. The molecule has 0 aliphatic heterocycles. The molecule has 0 fully saturated rings. The molecular weight excluding hydrogens is 292 g/mol. The Hall–Kier alpha value is -0.560. The molecule has 0 saturated heterocycles. The number of hydrogen-bond acceptors (Lipinski definition) is 4. The van der Waals surface area contributed by atoms with Gasteiger partial charge in [-0.2, -0.15) is 11.8 Å². The second-order valence-electron chi connectivity index (χ2n) is 4.87. The van der Waals surface area contributed by atoms with E-state index in [-0.39, 0.29) is 17.0 Å². The van der Waals surface area contributed by atoms with Crippen LogP contribution in [0.15, 0.2) is 29.2 Å². The van der Waals surface area contributed by atoms with Gasteiger partial charge in [-0.15, -0.1) is 0 Å². The minimum absolute atomic E-state index is 0.0713. The molecule has 0 heterocycles. The molecule has 114 valence electrons. The molecule has 1 aromatic carbocycles. The summed E-state index contributed by atoms with van der Waals surface area (Å²) in [5.74, 6) is 2.01. The molecular formula is C14H24N2O2S2. The molecule has 1 rings (SSSR count). The van der Waals surface area contributed by atoms with Gasteiger partial charge in [-0.05, 0) is 49.5 Å². The lowest BCUT2D eigenvalue weighted by Crippen LogP contribution is -2.33. The van der Waals surface area contributed by atoms with Gasteiger partial charge in [0.25, 0.3) is 0 Å². The highest BCUT2D eigenvalue weighted by atomic mass is 32.2. The largest absolute Gasteiger partial charge is 0.324 e. The monoisotopic (exact) mass is 316 g/mol. The van der Waals surface area contributed by atoms with Crippen molar-refractivity contribution in [3.63, 3.8) is 0 Å². The lowest BCUT2D eigenvalue weighted by molar-refractivity contribution is 0.557. The fourth-order valence-electron chi connectivity index (χ4n) is 1.76. The van der Waals surface area contributed by atoms with Gasteiger partial charge in [-0.1, -0.05) is 19.1 Å². The van der Waals surface area contributed by atoms with E-state index in [0.717, 1.165) is 23.5 Å². The summed E-state index contributed by atoms with van der Waals surface area (Å²) >= 11 is 1.81. The number of nitrogens with two attached hydrogens (primary N) is 1. The molecule has 2 atom stereocenters. The second kappa shape index (κ2) is 8.02. The number of rotatable bonds is 8. The van der Waals surface area contributed by atoms with Gasteiger partial charge in [-0.25, -0.2) is 13.1 Å². The Kier molecular flexibility index (Phi) is 7.02. The molecule has 0 spiro atoms. The Labute approximate surface area is 126 Å². The van der Waals surface area contributed by atoms with Crippen molar-refractivity contribution in [1.82, 2.24) is 4.72 Å². The molecule has 0 radical (unpaired) electrons. The van der Waals surface area contributed by atoms with Crippen molar-refractivity contribution >= 4 is 21.8 Å². The van der Waals surface area contributed by atoms with E-state index in [4.69, 9.17) is 5.73 Å². The minimum Gasteiger partial charge on any atom is -0.324 e. The second-order valence-corrected chi connectivity index (χ2v) is 7.98. The molecule has 3 N–H and O–H groups in total. The summed E-state index contributed by atoms with van der Waals surface area (Å²) in [6, 6.07) is 6.56. The molecule has 0 aromatic heterocycles. The van der Waals surface area contributed by atoms with Crippen LogP contribution in [-0.2, 0) is 10.0 Å². The highest BCUT2D eigenvalue weighted by Crippen LogP contribution is 2.16. The average Bonchev–Trinajstić information content (AvgIpc) is 2.38. The normalized spacial score (nSPS) is 15.0. The van der Waals surface area contributed by atoms with Crippen LogP contribution in [0.25, 0.3) is 0 Å². The van der Waals surface area contributed by atoms with Crippen molar-refractivity contribution in [3.05, 3.63) is 29.8 Å². The van der Waals surface area contributed by atoms with Gasteiger partial charge in [0.2, 0.25) is 10.0 Å². The maximum Gasteiger partial charge on any atom is 0.240 e.